The van der Waals surface area contributed by atoms with Crippen molar-refractivity contribution >= 4 is 79.9 Å². The number of anilines is 1. The number of rotatable bonds is 6. The first-order valence-corrected chi connectivity index (χ1v) is 15.0. The third-order valence-electron chi connectivity index (χ3n) is 6.68. The van der Waals surface area contributed by atoms with Crippen molar-refractivity contribution in [1.82, 2.24) is 14.9 Å². The second-order valence-electron chi connectivity index (χ2n) is 9.40. The second-order valence-corrected chi connectivity index (χ2v) is 12.3. The Morgan fingerprint density at radius 1 is 1.05 bits per heavy atom. The van der Waals surface area contributed by atoms with Gasteiger partial charge in [-0.1, -0.05) is 40.9 Å². The number of benzene rings is 2. The summed E-state index contributed by atoms with van der Waals surface area (Å²) in [6.45, 7) is 0.264. The van der Waals surface area contributed by atoms with Crippen LogP contribution in [0.4, 0.5) is 11.4 Å². The lowest BCUT2D eigenvalue weighted by Gasteiger charge is -2.36. The lowest BCUT2D eigenvalue weighted by Crippen LogP contribution is -2.53. The maximum absolute atomic E-state index is 14.1. The first-order valence-electron chi connectivity index (χ1n) is 12.5. The summed E-state index contributed by atoms with van der Waals surface area (Å²) in [7, 11) is -4.94. The molecule has 13 nitrogen and oxygen atoms in total. The predicted octanol–water partition coefficient (Wildman–Crippen LogP) is 2.61. The van der Waals surface area contributed by atoms with Gasteiger partial charge in [-0.2, -0.15) is 5.26 Å². The molecule has 2 aromatic carbocycles. The van der Waals surface area contributed by atoms with Crippen LogP contribution < -0.4 is 21.3 Å². The van der Waals surface area contributed by atoms with Crippen LogP contribution in [0.5, 0.6) is 5.75 Å². The average Bonchev–Trinajstić information content (AvgIpc) is 2.93. The van der Waals surface area contributed by atoms with E-state index < -0.39 is 67.0 Å². The number of carbonyl (C=O) groups excluding carboxylic acids is 3. The van der Waals surface area contributed by atoms with Crippen LogP contribution >= 0.6 is 34.8 Å². The fraction of sp³-hybridized carbons (Fsp3) is 0.320. The van der Waals surface area contributed by atoms with E-state index in [1.807, 2.05) is 0 Å². The number of hydrogen-bond acceptors (Lipinski definition) is 8. The van der Waals surface area contributed by atoms with Crippen molar-refractivity contribution in [3.8, 4) is 11.9 Å². The zero-order valence-corrected chi connectivity index (χ0v) is 24.8. The average molecular weight is 657 g/mol. The summed E-state index contributed by atoms with van der Waals surface area (Å²) in [5, 5.41) is 25.7. The van der Waals surface area contributed by atoms with E-state index in [2.05, 4.69) is 15.6 Å². The third kappa shape index (κ3) is 6.19. The fourth-order valence-electron chi connectivity index (χ4n) is 4.67. The number of nitrogens with two attached hydrogens (primary N) is 1. The number of phenolic OH excluding ortho intramolecular Hbond substituents is 1. The third-order valence-corrected chi connectivity index (χ3v) is 9.84. The number of halogens is 3. The molecular weight excluding hydrogens is 633 g/mol. The van der Waals surface area contributed by atoms with E-state index in [4.69, 9.17) is 40.5 Å². The van der Waals surface area contributed by atoms with Gasteiger partial charge >= 0.3 is 0 Å². The Bertz CT molecular complexity index is 1630. The highest BCUT2D eigenvalue weighted by Crippen LogP contribution is 2.42. The summed E-state index contributed by atoms with van der Waals surface area (Å²) in [5.41, 5.74) is 5.70. The van der Waals surface area contributed by atoms with Crippen LogP contribution in [0.25, 0.3) is 0 Å². The molecule has 2 atom stereocenters. The van der Waals surface area contributed by atoms with E-state index in [9.17, 15) is 33.2 Å². The van der Waals surface area contributed by atoms with Crippen molar-refractivity contribution in [3.05, 3.63) is 45.4 Å². The van der Waals surface area contributed by atoms with E-state index in [1.54, 1.807) is 6.19 Å². The number of aromatic hydroxyl groups is 1. The van der Waals surface area contributed by atoms with Gasteiger partial charge in [0.05, 0.1) is 26.8 Å². The highest BCUT2D eigenvalue weighted by Gasteiger charge is 2.44. The van der Waals surface area contributed by atoms with Gasteiger partial charge in [0.15, 0.2) is 16.8 Å². The number of piperidine rings is 2. The van der Waals surface area contributed by atoms with Gasteiger partial charge in [-0.3, -0.25) is 14.4 Å². The number of carbonyl (C=O) groups is 3. The Morgan fingerprint density at radius 2 is 1.71 bits per heavy atom. The minimum atomic E-state index is -4.94. The minimum absolute atomic E-state index is 0.00970. The number of nitrogens with zero attached hydrogens (tertiary/aromatic N) is 4. The number of nitriles is 1. The Kier molecular flexibility index (Phi) is 9.37. The molecule has 5 N–H and O–H groups in total. The number of amides is 3. The SMILES string of the molecule is N#CN(C(N)=Nc1ccc(Cl)c(S(=O)(=O)N(C(=O)C2CCNC(=O)C2)C2CCNC(=O)C2)c1O)c1cccc(Cl)c1Cl. The van der Waals surface area contributed by atoms with Crippen molar-refractivity contribution in [3.63, 3.8) is 0 Å². The summed E-state index contributed by atoms with van der Waals surface area (Å²) in [4.78, 5) is 41.9. The number of nitrogens with one attached hydrogen (secondary N) is 2. The summed E-state index contributed by atoms with van der Waals surface area (Å²) in [5.74, 6) is -4.25. The van der Waals surface area contributed by atoms with Crippen LogP contribution in [0.2, 0.25) is 15.1 Å². The van der Waals surface area contributed by atoms with Crippen LogP contribution in [0.15, 0.2) is 40.2 Å². The zero-order chi connectivity index (χ0) is 30.8. The predicted molar refractivity (Wildman–Crippen MR) is 155 cm³/mol. The maximum atomic E-state index is 14.1. The number of phenols is 1. The zero-order valence-electron chi connectivity index (χ0n) is 21.7. The van der Waals surface area contributed by atoms with Gasteiger partial charge in [-0.25, -0.2) is 22.6 Å². The van der Waals surface area contributed by atoms with Gasteiger partial charge in [0, 0.05) is 31.8 Å². The molecule has 2 aliphatic rings. The lowest BCUT2D eigenvalue weighted by atomic mass is 9.95. The van der Waals surface area contributed by atoms with E-state index in [-0.39, 0.29) is 54.5 Å². The van der Waals surface area contributed by atoms with Crippen LogP contribution in [-0.4, -0.2) is 60.6 Å². The molecule has 3 amide bonds. The molecule has 0 spiro atoms. The molecule has 17 heteroatoms. The number of guanidine groups is 1. The molecule has 2 heterocycles. The van der Waals surface area contributed by atoms with Gasteiger partial charge in [-0.15, -0.1) is 0 Å². The molecule has 0 bridgehead atoms. The van der Waals surface area contributed by atoms with E-state index in [1.165, 1.54) is 18.2 Å². The Morgan fingerprint density at radius 3 is 2.36 bits per heavy atom. The monoisotopic (exact) mass is 655 g/mol. The summed E-state index contributed by atoms with van der Waals surface area (Å²) >= 11 is 18.5. The highest BCUT2D eigenvalue weighted by molar-refractivity contribution is 7.90. The molecule has 2 unspecified atom stereocenters. The van der Waals surface area contributed by atoms with Crippen molar-refractivity contribution in [1.29, 1.82) is 5.26 Å². The van der Waals surface area contributed by atoms with Crippen LogP contribution in [-0.2, 0) is 24.4 Å². The highest BCUT2D eigenvalue weighted by atomic mass is 35.5. The first-order chi connectivity index (χ1) is 19.9. The molecule has 0 saturated carbocycles. The number of aliphatic imine (C=N–C) groups is 1. The van der Waals surface area contributed by atoms with Gasteiger partial charge < -0.3 is 21.5 Å². The van der Waals surface area contributed by atoms with Gasteiger partial charge in [0.2, 0.25) is 23.7 Å². The molecule has 0 aliphatic carbocycles. The largest absolute Gasteiger partial charge is 0.504 e. The molecule has 0 radical (unpaired) electrons. The van der Waals surface area contributed by atoms with Crippen LogP contribution in [0.3, 0.4) is 0 Å². The van der Waals surface area contributed by atoms with Crippen LogP contribution in [0.1, 0.15) is 25.7 Å². The molecule has 2 saturated heterocycles. The topological polar surface area (TPSA) is 198 Å². The minimum Gasteiger partial charge on any atom is -0.504 e. The first kappa shape index (κ1) is 31.2. The molecular formula is C25H24Cl3N7O6S. The second kappa shape index (κ2) is 12.6. The Labute approximate surface area is 255 Å². The van der Waals surface area contributed by atoms with Crippen LogP contribution in [0, 0.1) is 17.4 Å². The van der Waals surface area contributed by atoms with Crippen molar-refractivity contribution in [2.75, 3.05) is 18.0 Å². The van der Waals surface area contributed by atoms with E-state index in [0.29, 0.717) is 4.31 Å². The number of sulfonamides is 1. The summed E-state index contributed by atoms with van der Waals surface area (Å²) in [6.07, 6.45) is 1.48. The standard InChI is InChI=1S/C25H24Cl3N7O6S/c26-15-2-1-3-18(21(15)28)34(12-29)25(30)33-17-5-4-16(27)23(22(17)38)42(40,41)35(14-7-9-32-20(37)11-14)24(39)13-6-8-31-19(36)10-13/h1-5,13-14,38H,6-11H2,(H2,30,33)(H,31,36)(H,32,37). The Balaban J connectivity index is 1.80. The molecule has 222 valence electrons. The molecule has 0 aromatic heterocycles. The summed E-state index contributed by atoms with van der Waals surface area (Å²) in [6, 6.07) is 5.61. The van der Waals surface area contributed by atoms with Gasteiger partial charge in [-0.05, 0) is 37.1 Å². The quantitative estimate of drug-likeness (QED) is 0.156. The molecule has 2 aromatic rings. The molecule has 4 rings (SSSR count). The molecule has 2 fully saturated rings. The maximum Gasteiger partial charge on any atom is 0.272 e. The van der Waals surface area contributed by atoms with Crippen molar-refractivity contribution in [2.45, 2.75) is 36.6 Å². The van der Waals surface area contributed by atoms with Crippen molar-refractivity contribution < 1.29 is 27.9 Å². The number of hydrogen-bond donors (Lipinski definition) is 4. The fourth-order valence-corrected chi connectivity index (χ4v) is 7.32. The normalized spacial score (nSPS) is 19.3. The Hall–Kier alpha value is -3.77. The van der Waals surface area contributed by atoms with E-state index >= 15 is 0 Å². The smallest absolute Gasteiger partial charge is 0.272 e. The van der Waals surface area contributed by atoms with Gasteiger partial charge in [0.25, 0.3) is 10.0 Å². The molecule has 42 heavy (non-hydrogen) atoms. The van der Waals surface area contributed by atoms with E-state index in [0.717, 1.165) is 17.0 Å². The molecule has 2 aliphatic heterocycles. The van der Waals surface area contributed by atoms with Crippen molar-refractivity contribution in [2.24, 2.45) is 16.6 Å². The lowest BCUT2D eigenvalue weighted by molar-refractivity contribution is -0.138. The summed E-state index contributed by atoms with van der Waals surface area (Å²) < 4.78 is 28.8. The van der Waals surface area contributed by atoms with Gasteiger partial charge in [0.1, 0.15) is 5.69 Å².